The third kappa shape index (κ3) is 7.11. The predicted octanol–water partition coefficient (Wildman–Crippen LogP) is 2.01. The molecule has 6 heteroatoms. The van der Waals surface area contributed by atoms with Crippen LogP contribution in [0, 0.1) is 0 Å². The summed E-state index contributed by atoms with van der Waals surface area (Å²) in [5, 5.41) is 6.43. The van der Waals surface area contributed by atoms with Gasteiger partial charge in [0.15, 0.2) is 5.96 Å². The molecule has 0 saturated heterocycles. The Kier molecular flexibility index (Phi) is 10.6. The van der Waals surface area contributed by atoms with Gasteiger partial charge >= 0.3 is 0 Å². The number of halogens is 1. The first-order valence-electron chi connectivity index (χ1n) is 7.30. The van der Waals surface area contributed by atoms with Crippen molar-refractivity contribution in [1.82, 2.24) is 15.5 Å². The van der Waals surface area contributed by atoms with Gasteiger partial charge in [-0.1, -0.05) is 31.2 Å². The summed E-state index contributed by atoms with van der Waals surface area (Å²) in [6, 6.07) is 8.36. The molecule has 0 radical (unpaired) electrons. The van der Waals surface area contributed by atoms with Gasteiger partial charge in [0.2, 0.25) is 5.91 Å². The van der Waals surface area contributed by atoms with Gasteiger partial charge in [-0.3, -0.25) is 9.79 Å². The highest BCUT2D eigenvalue weighted by Crippen LogP contribution is 2.08. The van der Waals surface area contributed by atoms with Gasteiger partial charge in [-0.25, -0.2) is 0 Å². The van der Waals surface area contributed by atoms with Crippen LogP contribution >= 0.6 is 24.0 Å². The number of hydrogen-bond acceptors (Lipinski definition) is 2. The molecule has 2 N–H and O–H groups in total. The fraction of sp³-hybridized carbons (Fsp3) is 0.500. The molecule has 0 aliphatic rings. The Bertz CT molecular complexity index is 489. The fourth-order valence-corrected chi connectivity index (χ4v) is 1.99. The van der Waals surface area contributed by atoms with Crippen molar-refractivity contribution in [1.29, 1.82) is 0 Å². The van der Waals surface area contributed by atoms with Crippen LogP contribution in [0.3, 0.4) is 0 Å². The minimum Gasteiger partial charge on any atom is -0.356 e. The normalized spacial score (nSPS) is 10.6. The van der Waals surface area contributed by atoms with Crippen molar-refractivity contribution in [3.8, 4) is 0 Å². The summed E-state index contributed by atoms with van der Waals surface area (Å²) in [6.45, 7) is 3.45. The van der Waals surface area contributed by atoms with E-state index in [1.54, 1.807) is 26.0 Å². The minimum atomic E-state index is 0. The number of aliphatic imine (C=N–C) groups is 1. The summed E-state index contributed by atoms with van der Waals surface area (Å²) >= 11 is 0. The molecule has 0 saturated carbocycles. The Balaban J connectivity index is 0.00000441. The number of nitrogens with zero attached hydrogens (tertiary/aromatic N) is 2. The number of guanidine groups is 1. The molecule has 0 heterocycles. The van der Waals surface area contributed by atoms with Gasteiger partial charge in [0, 0.05) is 40.7 Å². The van der Waals surface area contributed by atoms with E-state index in [1.807, 2.05) is 6.07 Å². The maximum atomic E-state index is 11.5. The first kappa shape index (κ1) is 20.7. The fourth-order valence-electron chi connectivity index (χ4n) is 1.99. The minimum absolute atomic E-state index is 0. The van der Waals surface area contributed by atoms with Gasteiger partial charge < -0.3 is 15.5 Å². The van der Waals surface area contributed by atoms with Gasteiger partial charge in [-0.05, 0) is 17.5 Å². The molecule has 0 aromatic heterocycles. The predicted molar refractivity (Wildman–Crippen MR) is 103 cm³/mol. The number of carbonyl (C=O) groups excluding carboxylic acids is 1. The summed E-state index contributed by atoms with van der Waals surface area (Å²) in [7, 11) is 5.25. The Hall–Kier alpha value is -1.31. The summed E-state index contributed by atoms with van der Waals surface area (Å²) in [5.74, 6) is 0.821. The van der Waals surface area contributed by atoms with E-state index in [-0.39, 0.29) is 29.9 Å². The van der Waals surface area contributed by atoms with Crippen LogP contribution in [0.1, 0.15) is 24.5 Å². The molecule has 1 aromatic carbocycles. The van der Waals surface area contributed by atoms with Crippen LogP contribution in [0.5, 0.6) is 0 Å². The zero-order chi connectivity index (χ0) is 15.7. The number of carbonyl (C=O) groups is 1. The molecule has 1 aromatic rings. The average molecular weight is 418 g/mol. The maximum absolute atomic E-state index is 11.5. The molecule has 0 aliphatic heterocycles. The average Bonchev–Trinajstić information content (AvgIpc) is 2.50. The SMILES string of the molecule is CCc1ccccc1CNC(=NC)NCCC(=O)N(C)C.I. The number of aryl methyl sites for hydroxylation is 1. The molecule has 0 atom stereocenters. The topological polar surface area (TPSA) is 56.7 Å². The van der Waals surface area contributed by atoms with Crippen molar-refractivity contribution in [2.75, 3.05) is 27.7 Å². The molecule has 0 fully saturated rings. The van der Waals surface area contributed by atoms with Gasteiger partial charge in [0.25, 0.3) is 0 Å². The third-order valence-electron chi connectivity index (χ3n) is 3.30. The molecule has 5 nitrogen and oxygen atoms in total. The lowest BCUT2D eigenvalue weighted by atomic mass is 10.1. The number of amides is 1. The van der Waals surface area contributed by atoms with Crippen molar-refractivity contribution in [3.05, 3.63) is 35.4 Å². The summed E-state index contributed by atoms with van der Waals surface area (Å²) in [4.78, 5) is 17.3. The van der Waals surface area contributed by atoms with Crippen molar-refractivity contribution in [3.63, 3.8) is 0 Å². The van der Waals surface area contributed by atoms with Crippen LogP contribution in [0.2, 0.25) is 0 Å². The second kappa shape index (κ2) is 11.3. The van der Waals surface area contributed by atoms with Crippen LogP contribution < -0.4 is 10.6 Å². The quantitative estimate of drug-likeness (QED) is 0.422. The second-order valence-corrected chi connectivity index (χ2v) is 5.01. The standard InChI is InChI=1S/C16H26N4O.HI/c1-5-13-8-6-7-9-14(13)12-19-16(17-2)18-11-10-15(21)20(3)4;/h6-9H,5,10-12H2,1-4H3,(H2,17,18,19);1H. The van der Waals surface area contributed by atoms with E-state index in [9.17, 15) is 4.79 Å². The van der Waals surface area contributed by atoms with Gasteiger partial charge in [-0.2, -0.15) is 0 Å². The number of rotatable bonds is 6. The number of nitrogens with one attached hydrogen (secondary N) is 2. The molecule has 22 heavy (non-hydrogen) atoms. The molecule has 124 valence electrons. The highest BCUT2D eigenvalue weighted by molar-refractivity contribution is 14.0. The first-order chi connectivity index (χ1) is 10.1. The van der Waals surface area contributed by atoms with Gasteiger partial charge in [-0.15, -0.1) is 24.0 Å². The van der Waals surface area contributed by atoms with E-state index in [4.69, 9.17) is 0 Å². The Morgan fingerprint density at radius 2 is 1.82 bits per heavy atom. The first-order valence-corrected chi connectivity index (χ1v) is 7.30. The molecule has 1 rings (SSSR count). The maximum Gasteiger partial charge on any atom is 0.223 e. The van der Waals surface area contributed by atoms with E-state index in [2.05, 4.69) is 40.7 Å². The summed E-state index contributed by atoms with van der Waals surface area (Å²) in [6.07, 6.45) is 1.47. The largest absolute Gasteiger partial charge is 0.356 e. The van der Waals surface area contributed by atoms with Crippen LogP contribution in [0.15, 0.2) is 29.3 Å². The lowest BCUT2D eigenvalue weighted by Gasteiger charge is -2.14. The lowest BCUT2D eigenvalue weighted by molar-refractivity contribution is -0.128. The molecule has 0 unspecified atom stereocenters. The lowest BCUT2D eigenvalue weighted by Crippen LogP contribution is -2.39. The monoisotopic (exact) mass is 418 g/mol. The van der Waals surface area contributed by atoms with E-state index >= 15 is 0 Å². The summed E-state index contributed by atoms with van der Waals surface area (Å²) in [5.41, 5.74) is 2.61. The number of hydrogen-bond donors (Lipinski definition) is 2. The molecule has 0 bridgehead atoms. The molecule has 1 amide bonds. The van der Waals surface area contributed by atoms with Gasteiger partial charge in [0.05, 0.1) is 0 Å². The zero-order valence-electron chi connectivity index (χ0n) is 13.8. The van der Waals surface area contributed by atoms with Crippen LogP contribution in [-0.4, -0.2) is 44.5 Å². The van der Waals surface area contributed by atoms with Crippen LogP contribution in [0.25, 0.3) is 0 Å². The van der Waals surface area contributed by atoms with Crippen molar-refractivity contribution < 1.29 is 4.79 Å². The van der Waals surface area contributed by atoms with E-state index in [1.165, 1.54) is 11.1 Å². The van der Waals surface area contributed by atoms with Gasteiger partial charge in [0.1, 0.15) is 0 Å². The highest BCUT2D eigenvalue weighted by atomic mass is 127. The Morgan fingerprint density at radius 1 is 1.18 bits per heavy atom. The number of benzene rings is 1. The van der Waals surface area contributed by atoms with E-state index in [0.717, 1.165) is 13.0 Å². The molecule has 0 spiro atoms. The van der Waals surface area contributed by atoms with Crippen molar-refractivity contribution in [2.24, 2.45) is 4.99 Å². The smallest absolute Gasteiger partial charge is 0.223 e. The molecule has 0 aliphatic carbocycles. The molecular formula is C16H27IN4O. The molecular weight excluding hydrogens is 391 g/mol. The van der Waals surface area contributed by atoms with E-state index in [0.29, 0.717) is 18.9 Å². The summed E-state index contributed by atoms with van der Waals surface area (Å²) < 4.78 is 0. The van der Waals surface area contributed by atoms with Crippen LogP contribution in [-0.2, 0) is 17.8 Å². The third-order valence-corrected chi connectivity index (χ3v) is 3.30. The van der Waals surface area contributed by atoms with Crippen LogP contribution in [0.4, 0.5) is 0 Å². The van der Waals surface area contributed by atoms with E-state index < -0.39 is 0 Å². The Morgan fingerprint density at radius 3 is 2.36 bits per heavy atom. The second-order valence-electron chi connectivity index (χ2n) is 5.01. The van der Waals surface area contributed by atoms with Crippen molar-refractivity contribution in [2.45, 2.75) is 26.3 Å². The highest BCUT2D eigenvalue weighted by Gasteiger charge is 2.05. The zero-order valence-corrected chi connectivity index (χ0v) is 16.2. The van der Waals surface area contributed by atoms with Crippen molar-refractivity contribution >= 4 is 35.8 Å². The Labute approximate surface area is 150 Å².